The van der Waals surface area contributed by atoms with Gasteiger partial charge in [-0.3, -0.25) is 9.59 Å². The molecule has 1 aromatic rings. The van der Waals surface area contributed by atoms with E-state index in [2.05, 4.69) is 15.4 Å². The first-order valence-corrected chi connectivity index (χ1v) is 5.60. The number of alkyl halides is 3. The van der Waals surface area contributed by atoms with E-state index in [0.29, 0.717) is 0 Å². The average Bonchev–Trinajstić information content (AvgIpc) is 2.38. The van der Waals surface area contributed by atoms with Crippen molar-refractivity contribution in [1.82, 2.24) is 5.32 Å². The Morgan fingerprint density at radius 3 is 2.25 bits per heavy atom. The molecule has 5 nitrogen and oxygen atoms in total. The number of halogens is 3. The standard InChI is InChI=1S/C12H13F3N2O3/c1-20-7-6-16-10(18)11(19)17-9-4-2-8(3-5-9)12(13,14)15/h2-5H,6-7H2,1H3,(H,16,18)(H,17,19). The number of rotatable bonds is 4. The van der Waals surface area contributed by atoms with Gasteiger partial charge in [-0.1, -0.05) is 0 Å². The lowest BCUT2D eigenvalue weighted by Crippen LogP contribution is -2.37. The lowest BCUT2D eigenvalue weighted by atomic mass is 10.2. The number of carbonyl (C=O) groups excluding carboxylic acids is 2. The summed E-state index contributed by atoms with van der Waals surface area (Å²) < 4.78 is 41.6. The summed E-state index contributed by atoms with van der Waals surface area (Å²) in [5.74, 6) is -1.84. The third-order valence-corrected chi connectivity index (χ3v) is 2.27. The highest BCUT2D eigenvalue weighted by atomic mass is 19.4. The molecule has 1 aromatic carbocycles. The molecule has 0 radical (unpaired) electrons. The van der Waals surface area contributed by atoms with E-state index < -0.39 is 23.6 Å². The third-order valence-electron chi connectivity index (χ3n) is 2.27. The quantitative estimate of drug-likeness (QED) is 0.651. The van der Waals surface area contributed by atoms with Gasteiger partial charge in [-0.15, -0.1) is 0 Å². The SMILES string of the molecule is COCCNC(=O)C(=O)Nc1ccc(C(F)(F)F)cc1. The summed E-state index contributed by atoms with van der Waals surface area (Å²) in [5.41, 5.74) is -0.732. The van der Waals surface area contributed by atoms with Crippen LogP contribution in [0.1, 0.15) is 5.56 Å². The Labute approximate surface area is 113 Å². The molecule has 2 amide bonds. The molecule has 2 N–H and O–H groups in total. The molecule has 0 fully saturated rings. The number of nitrogens with one attached hydrogen (secondary N) is 2. The van der Waals surface area contributed by atoms with Crippen LogP contribution in [-0.4, -0.2) is 32.1 Å². The van der Waals surface area contributed by atoms with Crippen LogP contribution in [0.4, 0.5) is 18.9 Å². The Morgan fingerprint density at radius 2 is 1.75 bits per heavy atom. The molecular formula is C12H13F3N2O3. The van der Waals surface area contributed by atoms with Gasteiger partial charge in [-0.2, -0.15) is 13.2 Å². The van der Waals surface area contributed by atoms with Crippen molar-refractivity contribution in [3.05, 3.63) is 29.8 Å². The van der Waals surface area contributed by atoms with Gasteiger partial charge in [0.2, 0.25) is 0 Å². The Morgan fingerprint density at radius 1 is 1.15 bits per heavy atom. The van der Waals surface area contributed by atoms with Crippen LogP contribution in [0.25, 0.3) is 0 Å². The van der Waals surface area contributed by atoms with Gasteiger partial charge in [0.05, 0.1) is 12.2 Å². The average molecular weight is 290 g/mol. The molecule has 1 rings (SSSR count). The van der Waals surface area contributed by atoms with Gasteiger partial charge < -0.3 is 15.4 Å². The van der Waals surface area contributed by atoms with Crippen LogP contribution in [0, 0.1) is 0 Å². The third kappa shape index (κ3) is 4.88. The summed E-state index contributed by atoms with van der Waals surface area (Å²) in [6.07, 6.45) is -4.44. The van der Waals surface area contributed by atoms with Gasteiger partial charge in [-0.25, -0.2) is 0 Å². The summed E-state index contributed by atoms with van der Waals surface area (Å²) in [5, 5.41) is 4.47. The van der Waals surface area contributed by atoms with Crippen molar-refractivity contribution >= 4 is 17.5 Å². The smallest absolute Gasteiger partial charge is 0.383 e. The van der Waals surface area contributed by atoms with Crippen LogP contribution in [0.5, 0.6) is 0 Å². The number of amides is 2. The Bertz CT molecular complexity index is 472. The van der Waals surface area contributed by atoms with Crippen LogP contribution < -0.4 is 10.6 Å². The molecule has 0 aromatic heterocycles. The molecule has 0 saturated carbocycles. The molecule has 0 aliphatic heterocycles. The molecule has 20 heavy (non-hydrogen) atoms. The first-order chi connectivity index (χ1) is 9.34. The molecule has 0 bridgehead atoms. The maximum Gasteiger partial charge on any atom is 0.416 e. The maximum absolute atomic E-state index is 12.3. The topological polar surface area (TPSA) is 67.4 Å². The Kier molecular flexibility index (Phi) is 5.51. The highest BCUT2D eigenvalue weighted by Crippen LogP contribution is 2.29. The van der Waals surface area contributed by atoms with E-state index in [1.165, 1.54) is 7.11 Å². The fraction of sp³-hybridized carbons (Fsp3) is 0.333. The van der Waals surface area contributed by atoms with Crippen LogP contribution in [-0.2, 0) is 20.5 Å². The van der Waals surface area contributed by atoms with Crippen molar-refractivity contribution in [2.45, 2.75) is 6.18 Å². The van der Waals surface area contributed by atoms with Crippen LogP contribution in [0.3, 0.4) is 0 Å². The first kappa shape index (κ1) is 16.0. The van der Waals surface area contributed by atoms with Crippen molar-refractivity contribution in [1.29, 1.82) is 0 Å². The lowest BCUT2D eigenvalue weighted by Gasteiger charge is -2.09. The molecule has 0 spiro atoms. The number of methoxy groups -OCH3 is 1. The van der Waals surface area contributed by atoms with Crippen LogP contribution >= 0.6 is 0 Å². The fourth-order valence-electron chi connectivity index (χ4n) is 1.28. The second-order valence-electron chi connectivity index (χ2n) is 3.78. The maximum atomic E-state index is 12.3. The highest BCUT2D eigenvalue weighted by molar-refractivity contribution is 6.39. The predicted molar refractivity (Wildman–Crippen MR) is 65.0 cm³/mol. The molecule has 0 atom stereocenters. The van der Waals surface area contributed by atoms with E-state index in [0.717, 1.165) is 24.3 Å². The van der Waals surface area contributed by atoms with Gasteiger partial charge in [0.25, 0.3) is 0 Å². The monoisotopic (exact) mass is 290 g/mol. The number of ether oxygens (including phenoxy) is 1. The van der Waals surface area contributed by atoms with Crippen LogP contribution in [0.2, 0.25) is 0 Å². The van der Waals surface area contributed by atoms with Gasteiger partial charge in [0.15, 0.2) is 0 Å². The normalized spacial score (nSPS) is 11.0. The summed E-state index contributed by atoms with van der Waals surface area (Å²) in [6.45, 7) is 0.412. The summed E-state index contributed by atoms with van der Waals surface area (Å²) in [4.78, 5) is 22.7. The van der Waals surface area contributed by atoms with E-state index in [1.807, 2.05) is 0 Å². The Hall–Kier alpha value is -2.09. The number of benzene rings is 1. The minimum Gasteiger partial charge on any atom is -0.383 e. The van der Waals surface area contributed by atoms with E-state index in [4.69, 9.17) is 0 Å². The Balaban J connectivity index is 2.56. The zero-order valence-electron chi connectivity index (χ0n) is 10.6. The van der Waals surface area contributed by atoms with E-state index in [1.54, 1.807) is 0 Å². The van der Waals surface area contributed by atoms with Crippen molar-refractivity contribution in [3.8, 4) is 0 Å². The second-order valence-corrected chi connectivity index (χ2v) is 3.78. The number of carbonyl (C=O) groups is 2. The molecule has 0 aliphatic rings. The zero-order valence-corrected chi connectivity index (χ0v) is 10.6. The van der Waals surface area contributed by atoms with Crippen LogP contribution in [0.15, 0.2) is 24.3 Å². The number of hydrogen-bond donors (Lipinski definition) is 2. The predicted octanol–water partition coefficient (Wildman–Crippen LogP) is 1.41. The van der Waals surface area contributed by atoms with E-state index >= 15 is 0 Å². The fourth-order valence-corrected chi connectivity index (χ4v) is 1.28. The minimum absolute atomic E-state index is 0.102. The molecular weight excluding hydrogens is 277 g/mol. The van der Waals surface area contributed by atoms with Gasteiger partial charge in [0, 0.05) is 19.3 Å². The van der Waals surface area contributed by atoms with Gasteiger partial charge in [-0.05, 0) is 24.3 Å². The van der Waals surface area contributed by atoms with Crippen molar-refractivity contribution < 1.29 is 27.5 Å². The lowest BCUT2D eigenvalue weighted by molar-refractivity contribution is -0.137. The van der Waals surface area contributed by atoms with Crippen molar-refractivity contribution in [2.75, 3.05) is 25.6 Å². The highest BCUT2D eigenvalue weighted by Gasteiger charge is 2.30. The van der Waals surface area contributed by atoms with E-state index in [-0.39, 0.29) is 18.8 Å². The van der Waals surface area contributed by atoms with Gasteiger partial charge >= 0.3 is 18.0 Å². The number of anilines is 1. The molecule has 0 aliphatic carbocycles. The van der Waals surface area contributed by atoms with Crippen molar-refractivity contribution in [2.24, 2.45) is 0 Å². The summed E-state index contributed by atoms with van der Waals surface area (Å²) in [7, 11) is 1.44. The molecule has 0 unspecified atom stereocenters. The van der Waals surface area contributed by atoms with Gasteiger partial charge in [0.1, 0.15) is 0 Å². The minimum atomic E-state index is -4.44. The zero-order chi connectivity index (χ0) is 15.2. The summed E-state index contributed by atoms with van der Waals surface area (Å²) >= 11 is 0. The molecule has 0 saturated heterocycles. The number of hydrogen-bond acceptors (Lipinski definition) is 3. The molecule has 0 heterocycles. The molecule has 8 heteroatoms. The second kappa shape index (κ2) is 6.90. The first-order valence-electron chi connectivity index (χ1n) is 5.60. The molecule has 110 valence electrons. The van der Waals surface area contributed by atoms with E-state index in [9.17, 15) is 22.8 Å². The summed E-state index contributed by atoms with van der Waals surface area (Å²) in [6, 6.07) is 3.78. The van der Waals surface area contributed by atoms with Crippen molar-refractivity contribution in [3.63, 3.8) is 0 Å². The largest absolute Gasteiger partial charge is 0.416 e.